The number of rotatable bonds is 5. The third kappa shape index (κ3) is 4.05. The first-order valence-electron chi connectivity index (χ1n) is 15.4. The van der Waals surface area contributed by atoms with Crippen LogP contribution in [0.3, 0.4) is 0 Å². The van der Waals surface area contributed by atoms with Crippen molar-refractivity contribution in [1.82, 2.24) is 14.5 Å². The monoisotopic (exact) mass is 571 g/mol. The summed E-state index contributed by atoms with van der Waals surface area (Å²) in [5.41, 5.74) is 10.5. The van der Waals surface area contributed by atoms with Crippen LogP contribution in [0.4, 0.5) is 0 Å². The normalized spacial score (nSPS) is 12.0. The Kier molecular flexibility index (Phi) is 6.12. The minimum absolute atomic E-state index is 0.263. The summed E-state index contributed by atoms with van der Waals surface area (Å²) in [6.45, 7) is 9.11. The van der Waals surface area contributed by atoms with E-state index in [-0.39, 0.29) is 11.8 Å². The molecule has 0 bridgehead atoms. The van der Waals surface area contributed by atoms with Gasteiger partial charge in [0, 0.05) is 27.7 Å². The Labute approximate surface area is 256 Å². The fourth-order valence-corrected chi connectivity index (χ4v) is 6.60. The smallest absolute Gasteiger partial charge is 0.165 e. The zero-order valence-electron chi connectivity index (χ0n) is 25.4. The van der Waals surface area contributed by atoms with E-state index < -0.39 is 0 Å². The van der Waals surface area contributed by atoms with Crippen LogP contribution in [0.2, 0.25) is 0 Å². The van der Waals surface area contributed by atoms with Crippen LogP contribution >= 0.6 is 0 Å². The molecule has 8 aromatic rings. The Bertz CT molecular complexity index is 2310. The van der Waals surface area contributed by atoms with E-state index >= 15 is 0 Å². The van der Waals surface area contributed by atoms with Gasteiger partial charge >= 0.3 is 0 Å². The highest BCUT2D eigenvalue weighted by Crippen LogP contribution is 2.43. The van der Waals surface area contributed by atoms with Crippen LogP contribution < -0.4 is 0 Å². The molecule has 44 heavy (non-hydrogen) atoms. The van der Waals surface area contributed by atoms with Crippen LogP contribution in [0.15, 0.2) is 120 Å². The predicted octanol–water partition coefficient (Wildman–Crippen LogP) is 11.1. The molecule has 0 amide bonds. The van der Waals surface area contributed by atoms with Gasteiger partial charge in [-0.15, -0.1) is 0 Å². The maximum Gasteiger partial charge on any atom is 0.165 e. The number of imidazole rings is 1. The quantitative estimate of drug-likeness (QED) is 0.206. The van der Waals surface area contributed by atoms with Gasteiger partial charge in [0.1, 0.15) is 16.7 Å². The number of fused-ring (bicyclic) bond motifs is 6. The minimum atomic E-state index is 0.263. The van der Waals surface area contributed by atoms with Crippen molar-refractivity contribution >= 4 is 43.9 Å². The molecule has 0 unspecified atom stereocenters. The van der Waals surface area contributed by atoms with Crippen LogP contribution in [0.5, 0.6) is 0 Å². The Balaban J connectivity index is 1.53. The number of hydrogen-bond donors (Lipinski definition) is 0. The number of pyridine rings is 1. The average molecular weight is 572 g/mol. The van der Waals surface area contributed by atoms with Crippen molar-refractivity contribution in [3.05, 3.63) is 127 Å². The molecule has 8 rings (SSSR count). The summed E-state index contributed by atoms with van der Waals surface area (Å²) >= 11 is 0. The van der Waals surface area contributed by atoms with Crippen molar-refractivity contribution in [1.29, 1.82) is 0 Å². The molecule has 0 aliphatic heterocycles. The fraction of sp³-hybridized carbons (Fsp3) is 0.150. The fourth-order valence-electron chi connectivity index (χ4n) is 6.60. The predicted molar refractivity (Wildman–Crippen MR) is 183 cm³/mol. The zero-order valence-corrected chi connectivity index (χ0v) is 25.4. The SMILES string of the molecule is CC(C)c1cc(-c2ccccc2)cc(C(C)C)c1-n1c(-c2cccc3c2oc2ccccc23)nc2c3ccccc3cnc21. The molecule has 0 spiro atoms. The molecule has 0 atom stereocenters. The first-order chi connectivity index (χ1) is 21.5. The van der Waals surface area contributed by atoms with Gasteiger partial charge in [-0.25, -0.2) is 9.97 Å². The molecule has 0 radical (unpaired) electrons. The molecule has 0 aliphatic rings. The van der Waals surface area contributed by atoms with E-state index in [0.29, 0.717) is 0 Å². The largest absolute Gasteiger partial charge is 0.455 e. The molecule has 5 aromatic carbocycles. The standard InChI is InChI=1S/C40H33N3O/c1-24(2)33-21-28(26-13-6-5-7-14-26)22-34(25(3)4)37(33)43-39(42-36-29-16-9-8-15-27(29)23-41-40(36)43)32-19-12-18-31-30-17-10-11-20-35(30)44-38(31)32/h5-25H,1-4H3. The minimum Gasteiger partial charge on any atom is -0.455 e. The molecule has 0 aliphatic carbocycles. The van der Waals surface area contributed by atoms with E-state index in [1.54, 1.807) is 0 Å². The number of hydrogen-bond acceptors (Lipinski definition) is 3. The summed E-state index contributed by atoms with van der Waals surface area (Å²) in [5.74, 6) is 1.36. The lowest BCUT2D eigenvalue weighted by molar-refractivity contribution is 0.669. The number of furan rings is 1. The topological polar surface area (TPSA) is 43.9 Å². The lowest BCUT2D eigenvalue weighted by Crippen LogP contribution is -2.10. The Hall–Kier alpha value is -5.22. The molecular weight excluding hydrogens is 538 g/mol. The summed E-state index contributed by atoms with van der Waals surface area (Å²) in [4.78, 5) is 10.5. The molecule has 0 fully saturated rings. The van der Waals surface area contributed by atoms with Crippen molar-refractivity contribution < 1.29 is 4.42 Å². The maximum absolute atomic E-state index is 6.57. The van der Waals surface area contributed by atoms with Crippen molar-refractivity contribution in [2.24, 2.45) is 0 Å². The van der Waals surface area contributed by atoms with Gasteiger partial charge in [0.15, 0.2) is 11.5 Å². The molecule has 3 heterocycles. The second-order valence-electron chi connectivity index (χ2n) is 12.2. The van der Waals surface area contributed by atoms with Crippen molar-refractivity contribution in [3.8, 4) is 28.2 Å². The van der Waals surface area contributed by atoms with E-state index in [2.05, 4.69) is 129 Å². The third-order valence-electron chi connectivity index (χ3n) is 8.78. The molecule has 4 heteroatoms. The highest BCUT2D eigenvalue weighted by atomic mass is 16.3. The third-order valence-corrected chi connectivity index (χ3v) is 8.78. The van der Waals surface area contributed by atoms with Gasteiger partial charge in [0.25, 0.3) is 0 Å². The summed E-state index contributed by atoms with van der Waals surface area (Å²) in [5, 5.41) is 4.36. The van der Waals surface area contributed by atoms with Gasteiger partial charge in [-0.3, -0.25) is 4.57 Å². The van der Waals surface area contributed by atoms with Gasteiger partial charge < -0.3 is 4.42 Å². The van der Waals surface area contributed by atoms with Crippen LogP contribution in [-0.2, 0) is 0 Å². The van der Waals surface area contributed by atoms with Crippen LogP contribution in [0.25, 0.3) is 72.1 Å². The molecule has 0 saturated carbocycles. The average Bonchev–Trinajstić information content (AvgIpc) is 3.63. The zero-order chi connectivity index (χ0) is 29.9. The van der Waals surface area contributed by atoms with Crippen LogP contribution in [-0.4, -0.2) is 14.5 Å². The molecule has 4 nitrogen and oxygen atoms in total. The summed E-state index contributed by atoms with van der Waals surface area (Å²) in [7, 11) is 0. The summed E-state index contributed by atoms with van der Waals surface area (Å²) in [6, 6.07) is 38.4. The lowest BCUT2D eigenvalue weighted by atomic mass is 9.88. The van der Waals surface area contributed by atoms with E-state index in [1.165, 1.54) is 22.3 Å². The van der Waals surface area contributed by atoms with Gasteiger partial charge in [-0.05, 0) is 58.4 Å². The lowest BCUT2D eigenvalue weighted by Gasteiger charge is -2.24. The van der Waals surface area contributed by atoms with Crippen molar-refractivity contribution in [3.63, 3.8) is 0 Å². The maximum atomic E-state index is 6.57. The van der Waals surface area contributed by atoms with E-state index in [4.69, 9.17) is 14.4 Å². The Morgan fingerprint density at radius 1 is 0.636 bits per heavy atom. The van der Waals surface area contributed by atoms with Gasteiger partial charge in [0.05, 0.1) is 11.3 Å². The van der Waals surface area contributed by atoms with E-state index in [0.717, 1.165) is 61.0 Å². The Morgan fingerprint density at radius 3 is 2.05 bits per heavy atom. The van der Waals surface area contributed by atoms with Crippen LogP contribution in [0, 0.1) is 0 Å². The highest BCUT2D eigenvalue weighted by Gasteiger charge is 2.26. The number of para-hydroxylation sites is 2. The molecule has 214 valence electrons. The molecule has 0 saturated heterocycles. The summed E-state index contributed by atoms with van der Waals surface area (Å²) < 4.78 is 8.88. The van der Waals surface area contributed by atoms with E-state index in [9.17, 15) is 0 Å². The van der Waals surface area contributed by atoms with Gasteiger partial charge in [0.2, 0.25) is 0 Å². The summed E-state index contributed by atoms with van der Waals surface area (Å²) in [6.07, 6.45) is 1.98. The van der Waals surface area contributed by atoms with Gasteiger partial charge in [-0.1, -0.05) is 113 Å². The Morgan fingerprint density at radius 2 is 1.30 bits per heavy atom. The molecule has 3 aromatic heterocycles. The van der Waals surface area contributed by atoms with Crippen molar-refractivity contribution in [2.75, 3.05) is 0 Å². The second-order valence-corrected chi connectivity index (χ2v) is 12.2. The van der Waals surface area contributed by atoms with E-state index in [1.807, 2.05) is 18.3 Å². The first-order valence-corrected chi connectivity index (χ1v) is 15.4. The number of benzene rings is 5. The number of aromatic nitrogens is 3. The molecule has 0 N–H and O–H groups in total. The van der Waals surface area contributed by atoms with Crippen LogP contribution in [0.1, 0.15) is 50.7 Å². The second kappa shape index (κ2) is 10.2. The molecular formula is C40H33N3O. The number of nitrogens with zero attached hydrogens (tertiary/aromatic N) is 3. The van der Waals surface area contributed by atoms with Gasteiger partial charge in [-0.2, -0.15) is 0 Å². The highest BCUT2D eigenvalue weighted by molar-refractivity contribution is 6.10. The van der Waals surface area contributed by atoms with Crippen molar-refractivity contribution in [2.45, 2.75) is 39.5 Å². The first kappa shape index (κ1) is 26.4.